The molecule has 0 amide bonds. The first-order valence-electron chi connectivity index (χ1n) is 4.80. The van der Waals surface area contributed by atoms with Crippen LogP contribution in [0.5, 0.6) is 0 Å². The molecule has 0 nitrogen and oxygen atoms in total. The monoisotopic (exact) mass is 358 g/mol. The van der Waals surface area contributed by atoms with Gasteiger partial charge < -0.3 is 0 Å². The van der Waals surface area contributed by atoms with E-state index >= 15 is 0 Å². The molecule has 0 saturated carbocycles. The van der Waals surface area contributed by atoms with Crippen molar-refractivity contribution < 1.29 is 0 Å². The predicted molar refractivity (Wildman–Crippen MR) is 77.0 cm³/mol. The van der Waals surface area contributed by atoms with Gasteiger partial charge in [0.25, 0.3) is 0 Å². The molecule has 0 aliphatic rings. The summed E-state index contributed by atoms with van der Waals surface area (Å²) in [6.45, 7) is 2.07. The maximum absolute atomic E-state index is 6.24. The van der Waals surface area contributed by atoms with Crippen molar-refractivity contribution in [3.63, 3.8) is 0 Å². The molecule has 2 aromatic rings. The Morgan fingerprint density at radius 3 is 2.38 bits per heavy atom. The van der Waals surface area contributed by atoms with Crippen LogP contribution < -0.4 is 0 Å². The van der Waals surface area contributed by atoms with Crippen molar-refractivity contribution in [3.05, 3.63) is 55.9 Å². The first-order valence-corrected chi connectivity index (χ1v) is 6.77. The number of halogens is 3. The lowest BCUT2D eigenvalue weighted by Crippen LogP contribution is -1.85. The summed E-state index contributed by atoms with van der Waals surface area (Å²) in [4.78, 5) is 0. The molecule has 0 spiro atoms. The van der Waals surface area contributed by atoms with Crippen LogP contribution in [0.2, 0.25) is 5.02 Å². The van der Waals surface area contributed by atoms with Crippen LogP contribution in [-0.2, 0) is 0 Å². The summed E-state index contributed by atoms with van der Waals surface area (Å²) in [5.41, 5.74) is 3.33. The van der Waals surface area contributed by atoms with E-state index in [0.717, 1.165) is 25.1 Å². The van der Waals surface area contributed by atoms with E-state index < -0.39 is 0 Å². The molecule has 3 heteroatoms. The standard InChI is InChI=1S/C13H9Br2Cl/c1-8-4-2-5-9(13(8)15)12-10(14)6-3-7-11(12)16/h2-7H,1H3. The lowest BCUT2D eigenvalue weighted by Gasteiger charge is -2.11. The second kappa shape index (κ2) is 4.91. The van der Waals surface area contributed by atoms with Gasteiger partial charge in [-0.25, -0.2) is 0 Å². The third kappa shape index (κ3) is 2.20. The van der Waals surface area contributed by atoms with E-state index in [9.17, 15) is 0 Å². The number of rotatable bonds is 1. The zero-order valence-electron chi connectivity index (χ0n) is 8.60. The normalized spacial score (nSPS) is 10.5. The maximum atomic E-state index is 6.24. The van der Waals surface area contributed by atoms with Gasteiger partial charge >= 0.3 is 0 Å². The lowest BCUT2D eigenvalue weighted by atomic mass is 10.0. The fourth-order valence-electron chi connectivity index (χ4n) is 1.60. The molecule has 0 bridgehead atoms. The second-order valence-electron chi connectivity index (χ2n) is 3.53. The average molecular weight is 360 g/mol. The van der Waals surface area contributed by atoms with E-state index in [2.05, 4.69) is 50.9 Å². The van der Waals surface area contributed by atoms with E-state index in [1.807, 2.05) is 24.3 Å². The van der Waals surface area contributed by atoms with Gasteiger partial charge in [-0.1, -0.05) is 51.8 Å². The van der Waals surface area contributed by atoms with Gasteiger partial charge in [0.2, 0.25) is 0 Å². The molecule has 2 rings (SSSR count). The zero-order chi connectivity index (χ0) is 11.7. The summed E-state index contributed by atoms with van der Waals surface area (Å²) in [5.74, 6) is 0. The topological polar surface area (TPSA) is 0 Å². The number of aryl methyl sites for hydroxylation is 1. The summed E-state index contributed by atoms with van der Waals surface area (Å²) >= 11 is 13.4. The molecular weight excluding hydrogens is 351 g/mol. The van der Waals surface area contributed by atoms with Crippen molar-refractivity contribution in [1.29, 1.82) is 0 Å². The summed E-state index contributed by atoms with van der Waals surface area (Å²) < 4.78 is 2.09. The Labute approximate surface area is 117 Å². The highest BCUT2D eigenvalue weighted by atomic mass is 79.9. The Morgan fingerprint density at radius 1 is 1.00 bits per heavy atom. The van der Waals surface area contributed by atoms with Crippen LogP contribution in [0.25, 0.3) is 11.1 Å². The van der Waals surface area contributed by atoms with Gasteiger partial charge in [0.05, 0.1) is 0 Å². The first-order chi connectivity index (χ1) is 7.61. The molecule has 0 saturated heterocycles. The van der Waals surface area contributed by atoms with Crippen LogP contribution in [0.15, 0.2) is 45.3 Å². The van der Waals surface area contributed by atoms with E-state index in [4.69, 9.17) is 11.6 Å². The molecule has 0 atom stereocenters. The van der Waals surface area contributed by atoms with Gasteiger partial charge in [0.1, 0.15) is 0 Å². The molecule has 16 heavy (non-hydrogen) atoms. The summed E-state index contributed by atoms with van der Waals surface area (Å²) in [7, 11) is 0. The minimum Gasteiger partial charge on any atom is -0.0836 e. The predicted octanol–water partition coefficient (Wildman–Crippen LogP) is 5.84. The van der Waals surface area contributed by atoms with Gasteiger partial charge in [0.15, 0.2) is 0 Å². The molecule has 0 radical (unpaired) electrons. The Bertz CT molecular complexity index is 515. The second-order valence-corrected chi connectivity index (χ2v) is 5.59. The van der Waals surface area contributed by atoms with Crippen molar-refractivity contribution in [2.75, 3.05) is 0 Å². The quantitative estimate of drug-likeness (QED) is 0.599. The third-order valence-electron chi connectivity index (χ3n) is 2.42. The van der Waals surface area contributed by atoms with E-state index in [1.165, 1.54) is 5.56 Å². The molecule has 2 aromatic carbocycles. The summed E-state index contributed by atoms with van der Waals surface area (Å²) in [6.07, 6.45) is 0. The van der Waals surface area contributed by atoms with Gasteiger partial charge in [-0.15, -0.1) is 0 Å². The van der Waals surface area contributed by atoms with Gasteiger partial charge in [-0.2, -0.15) is 0 Å². The molecule has 82 valence electrons. The van der Waals surface area contributed by atoms with Crippen LogP contribution >= 0.6 is 43.5 Å². The molecule has 0 fully saturated rings. The van der Waals surface area contributed by atoms with E-state index in [-0.39, 0.29) is 0 Å². The Morgan fingerprint density at radius 2 is 1.69 bits per heavy atom. The van der Waals surface area contributed by atoms with Gasteiger partial charge in [0, 0.05) is 19.5 Å². The van der Waals surface area contributed by atoms with Crippen LogP contribution in [0.1, 0.15) is 5.56 Å². The molecule has 0 unspecified atom stereocenters. The Balaban J connectivity index is 2.73. The number of hydrogen-bond acceptors (Lipinski definition) is 0. The minimum atomic E-state index is 0.751. The van der Waals surface area contributed by atoms with E-state index in [0.29, 0.717) is 0 Å². The average Bonchev–Trinajstić information content (AvgIpc) is 2.24. The lowest BCUT2D eigenvalue weighted by molar-refractivity contribution is 1.42. The van der Waals surface area contributed by atoms with Crippen molar-refractivity contribution in [2.45, 2.75) is 6.92 Å². The van der Waals surface area contributed by atoms with Crippen LogP contribution in [0, 0.1) is 6.92 Å². The van der Waals surface area contributed by atoms with Crippen molar-refractivity contribution in [3.8, 4) is 11.1 Å². The highest BCUT2D eigenvalue weighted by Crippen LogP contribution is 2.39. The van der Waals surface area contributed by atoms with Crippen molar-refractivity contribution in [2.24, 2.45) is 0 Å². The fourth-order valence-corrected chi connectivity index (χ4v) is 3.03. The molecule has 0 aliphatic carbocycles. The first kappa shape index (κ1) is 12.2. The highest BCUT2D eigenvalue weighted by molar-refractivity contribution is 9.11. The van der Waals surface area contributed by atoms with Crippen molar-refractivity contribution >= 4 is 43.5 Å². The Kier molecular flexibility index (Phi) is 3.73. The minimum absolute atomic E-state index is 0.751. The van der Waals surface area contributed by atoms with Gasteiger partial charge in [-0.3, -0.25) is 0 Å². The Hall–Kier alpha value is -0.310. The number of hydrogen-bond donors (Lipinski definition) is 0. The zero-order valence-corrected chi connectivity index (χ0v) is 12.5. The molecule has 0 N–H and O–H groups in total. The smallest absolute Gasteiger partial charge is 0.0496 e. The summed E-state index contributed by atoms with van der Waals surface area (Å²) in [6, 6.07) is 12.0. The van der Waals surface area contributed by atoms with Crippen LogP contribution in [0.4, 0.5) is 0 Å². The molecule has 0 heterocycles. The van der Waals surface area contributed by atoms with Crippen molar-refractivity contribution in [1.82, 2.24) is 0 Å². The number of benzene rings is 2. The largest absolute Gasteiger partial charge is 0.0836 e. The summed E-state index contributed by atoms with van der Waals surface area (Å²) in [5, 5.41) is 0.751. The van der Waals surface area contributed by atoms with Crippen LogP contribution in [-0.4, -0.2) is 0 Å². The molecular formula is C13H9Br2Cl. The third-order valence-corrected chi connectivity index (χ3v) is 4.45. The van der Waals surface area contributed by atoms with Gasteiger partial charge in [-0.05, 0) is 46.1 Å². The van der Waals surface area contributed by atoms with E-state index in [1.54, 1.807) is 0 Å². The fraction of sp³-hybridized carbons (Fsp3) is 0.0769. The van der Waals surface area contributed by atoms with Crippen LogP contribution in [0.3, 0.4) is 0 Å². The molecule has 0 aromatic heterocycles. The SMILES string of the molecule is Cc1cccc(-c2c(Cl)cccc2Br)c1Br. The molecule has 0 aliphatic heterocycles. The maximum Gasteiger partial charge on any atom is 0.0496 e. The highest BCUT2D eigenvalue weighted by Gasteiger charge is 2.11.